The van der Waals surface area contributed by atoms with Gasteiger partial charge in [0.15, 0.2) is 0 Å². The van der Waals surface area contributed by atoms with Gasteiger partial charge >= 0.3 is 6.09 Å². The van der Waals surface area contributed by atoms with Crippen LogP contribution in [0.25, 0.3) is 10.8 Å². The van der Waals surface area contributed by atoms with Crippen molar-refractivity contribution in [3.63, 3.8) is 0 Å². The van der Waals surface area contributed by atoms with Crippen LogP contribution in [0.5, 0.6) is 17.2 Å². The highest BCUT2D eigenvalue weighted by Gasteiger charge is 2.42. The Hall–Kier alpha value is -4.35. The monoisotopic (exact) mass is 657 g/mol. The van der Waals surface area contributed by atoms with E-state index in [0.717, 1.165) is 51.1 Å². The van der Waals surface area contributed by atoms with E-state index >= 15 is 0 Å². The first-order valence-corrected chi connectivity index (χ1v) is 16.3. The third-order valence-corrected chi connectivity index (χ3v) is 8.76. The minimum Gasteiger partial charge on any atom is -0.496 e. The van der Waals surface area contributed by atoms with Crippen molar-refractivity contribution in [1.82, 2.24) is 4.90 Å². The summed E-state index contributed by atoms with van der Waals surface area (Å²) in [6, 6.07) is 27.9. The normalized spacial score (nSPS) is 20.4. The first-order chi connectivity index (χ1) is 23.5. The molecule has 0 saturated carbocycles. The number of carboxylic acid groups (broad SMARTS) is 1. The highest BCUT2D eigenvalue weighted by atomic mass is 16.6. The van der Waals surface area contributed by atoms with Crippen molar-refractivity contribution in [1.29, 1.82) is 0 Å². The number of hydrogen-bond acceptors (Lipinski definition) is 8. The van der Waals surface area contributed by atoms with Crippen molar-refractivity contribution in [3.05, 3.63) is 102 Å². The summed E-state index contributed by atoms with van der Waals surface area (Å²) in [6.45, 7) is 3.36. The smallest absolute Gasteiger partial charge is 0.407 e. The number of methoxy groups -OCH3 is 2. The lowest BCUT2D eigenvalue weighted by molar-refractivity contribution is -0.0911. The second-order valence-electron chi connectivity index (χ2n) is 12.0. The maximum atomic E-state index is 12.2. The van der Waals surface area contributed by atoms with E-state index in [4.69, 9.17) is 33.2 Å². The number of ether oxygens (including phenoxy) is 7. The number of rotatable bonds is 16. The van der Waals surface area contributed by atoms with Crippen molar-refractivity contribution >= 4 is 16.9 Å². The summed E-state index contributed by atoms with van der Waals surface area (Å²) in [5.41, 5.74) is 2.95. The Balaban J connectivity index is 1.11. The van der Waals surface area contributed by atoms with Crippen LogP contribution >= 0.6 is 0 Å². The summed E-state index contributed by atoms with van der Waals surface area (Å²) in [7, 11) is 3.31. The lowest BCUT2D eigenvalue weighted by Gasteiger charge is -2.42. The van der Waals surface area contributed by atoms with Gasteiger partial charge < -0.3 is 43.2 Å². The van der Waals surface area contributed by atoms with Gasteiger partial charge in [-0.1, -0.05) is 54.6 Å². The molecule has 10 nitrogen and oxygen atoms in total. The molecule has 2 saturated heterocycles. The summed E-state index contributed by atoms with van der Waals surface area (Å²) in [5, 5.41) is 12.1. The van der Waals surface area contributed by atoms with Gasteiger partial charge in [-0.15, -0.1) is 0 Å². The number of benzene rings is 4. The lowest BCUT2D eigenvalue weighted by atomic mass is 9.84. The maximum absolute atomic E-state index is 12.2. The topological polar surface area (TPSA) is 108 Å². The van der Waals surface area contributed by atoms with E-state index in [9.17, 15) is 9.90 Å². The number of nitrogens with zero attached hydrogens (tertiary/aromatic N) is 1. The number of amides is 1. The summed E-state index contributed by atoms with van der Waals surface area (Å²) >= 11 is 0. The Labute approximate surface area is 281 Å². The second kappa shape index (κ2) is 16.2. The van der Waals surface area contributed by atoms with E-state index < -0.39 is 18.3 Å². The zero-order valence-electron chi connectivity index (χ0n) is 27.4. The zero-order valence-corrected chi connectivity index (χ0v) is 27.4. The molecular formula is C38H43NO9. The third-order valence-electron chi connectivity index (χ3n) is 8.76. The fraction of sp³-hybridized carbons (Fsp3) is 0.395. The molecule has 2 aliphatic heterocycles. The molecule has 0 radical (unpaired) electrons. The Bertz CT molecular complexity index is 1640. The summed E-state index contributed by atoms with van der Waals surface area (Å²) in [6.07, 6.45) is -1.09. The minimum atomic E-state index is -0.999. The average molecular weight is 658 g/mol. The first-order valence-electron chi connectivity index (χ1n) is 16.3. The minimum absolute atomic E-state index is 0.0461. The molecule has 2 fully saturated rings. The molecule has 0 bridgehead atoms. The summed E-state index contributed by atoms with van der Waals surface area (Å²) in [4.78, 5) is 13.6. The number of likely N-dealkylation sites (tertiary alicyclic amines) is 1. The van der Waals surface area contributed by atoms with Crippen LogP contribution in [0.3, 0.4) is 0 Å². The van der Waals surface area contributed by atoms with Crippen molar-refractivity contribution in [2.24, 2.45) is 0 Å². The molecule has 254 valence electrons. The molecule has 6 rings (SSSR count). The van der Waals surface area contributed by atoms with Crippen LogP contribution in [0.2, 0.25) is 0 Å². The van der Waals surface area contributed by atoms with E-state index in [-0.39, 0.29) is 31.7 Å². The lowest BCUT2D eigenvalue weighted by Crippen LogP contribution is -2.54. The number of piperidine rings is 1. The van der Waals surface area contributed by atoms with Gasteiger partial charge in [-0.25, -0.2) is 4.79 Å². The van der Waals surface area contributed by atoms with Crippen molar-refractivity contribution < 1.29 is 43.1 Å². The quantitative estimate of drug-likeness (QED) is 0.110. The van der Waals surface area contributed by atoms with Crippen LogP contribution in [0, 0.1) is 0 Å². The van der Waals surface area contributed by atoms with Crippen LogP contribution in [0.4, 0.5) is 4.79 Å². The standard InChI is InChI=1S/C38H43NO9/c1-42-33-11-6-4-9-29(33)23-44-16-7-17-45-30-14-12-27(13-15-30)37-35(20-39(38(40)41)21-36(37)48-25-31-24-46-31)47-22-26-18-28-8-3-5-10-32(28)34(19-26)43-2/h3-6,8-15,18-19,31,35-37H,7,16-17,20-25H2,1-2H3,(H,40,41)/t31-,35+,36-,37-/m1/s1. The molecule has 0 aliphatic carbocycles. The Morgan fingerprint density at radius 3 is 2.33 bits per heavy atom. The number of fused-ring (bicyclic) bond motifs is 1. The van der Waals surface area contributed by atoms with Crippen LogP contribution in [-0.2, 0) is 32.2 Å². The largest absolute Gasteiger partial charge is 0.496 e. The highest BCUT2D eigenvalue weighted by molar-refractivity contribution is 5.89. The highest BCUT2D eigenvalue weighted by Crippen LogP contribution is 2.36. The molecule has 2 heterocycles. The summed E-state index contributed by atoms with van der Waals surface area (Å²) < 4.78 is 41.2. The molecule has 4 aromatic carbocycles. The molecule has 4 aromatic rings. The fourth-order valence-electron chi connectivity index (χ4n) is 6.20. The van der Waals surface area contributed by atoms with Gasteiger partial charge in [-0.2, -0.15) is 0 Å². The van der Waals surface area contributed by atoms with E-state index in [0.29, 0.717) is 33.0 Å². The molecule has 48 heavy (non-hydrogen) atoms. The molecule has 10 heteroatoms. The van der Waals surface area contributed by atoms with Gasteiger partial charge in [0.1, 0.15) is 23.4 Å². The second-order valence-corrected chi connectivity index (χ2v) is 12.0. The van der Waals surface area contributed by atoms with Crippen LogP contribution in [-0.4, -0.2) is 88.1 Å². The van der Waals surface area contributed by atoms with Gasteiger partial charge in [0.2, 0.25) is 0 Å². The predicted molar refractivity (Wildman–Crippen MR) is 180 cm³/mol. The average Bonchev–Trinajstić information content (AvgIpc) is 3.96. The molecule has 1 N–H and O–H groups in total. The summed E-state index contributed by atoms with van der Waals surface area (Å²) in [5.74, 6) is 2.12. The van der Waals surface area contributed by atoms with Crippen molar-refractivity contribution in [2.75, 3.05) is 53.7 Å². The molecule has 0 spiro atoms. The van der Waals surface area contributed by atoms with Gasteiger partial charge in [0.25, 0.3) is 0 Å². The van der Waals surface area contributed by atoms with Crippen LogP contribution in [0.1, 0.15) is 29.0 Å². The third kappa shape index (κ3) is 8.56. The number of carbonyl (C=O) groups is 1. The van der Waals surface area contributed by atoms with Crippen molar-refractivity contribution in [3.8, 4) is 17.2 Å². The number of hydrogen-bond donors (Lipinski definition) is 1. The molecular weight excluding hydrogens is 614 g/mol. The maximum Gasteiger partial charge on any atom is 0.407 e. The van der Waals surface area contributed by atoms with E-state index in [2.05, 4.69) is 6.07 Å². The van der Waals surface area contributed by atoms with Gasteiger partial charge in [0.05, 0.1) is 79.2 Å². The zero-order chi connectivity index (χ0) is 33.3. The van der Waals surface area contributed by atoms with E-state index in [1.807, 2.05) is 78.9 Å². The van der Waals surface area contributed by atoms with Crippen LogP contribution < -0.4 is 14.2 Å². The fourth-order valence-corrected chi connectivity index (χ4v) is 6.20. The van der Waals surface area contributed by atoms with E-state index in [1.165, 1.54) is 4.90 Å². The number of epoxide rings is 1. The molecule has 0 aromatic heterocycles. The van der Waals surface area contributed by atoms with Crippen molar-refractivity contribution in [2.45, 2.75) is 43.9 Å². The van der Waals surface area contributed by atoms with Crippen LogP contribution in [0.15, 0.2) is 84.9 Å². The van der Waals surface area contributed by atoms with E-state index in [1.54, 1.807) is 14.2 Å². The molecule has 1 amide bonds. The molecule has 4 atom stereocenters. The SMILES string of the molecule is COc1ccccc1COCCCOc1ccc([C@@H]2[C@@H](OCc3cc(OC)c4ccccc4c3)CN(C(=O)O)C[C@H]2OC[C@H]2CO2)cc1. The Kier molecular flexibility index (Phi) is 11.3. The number of para-hydroxylation sites is 1. The first kappa shape index (κ1) is 33.5. The Morgan fingerprint density at radius 1 is 0.854 bits per heavy atom. The van der Waals surface area contributed by atoms with Gasteiger partial charge in [0, 0.05) is 23.3 Å². The molecule has 2 aliphatic rings. The van der Waals surface area contributed by atoms with Gasteiger partial charge in [-0.05, 0) is 46.8 Å². The Morgan fingerprint density at radius 2 is 1.58 bits per heavy atom. The predicted octanol–water partition coefficient (Wildman–Crippen LogP) is 6.29. The molecule has 0 unspecified atom stereocenters. The van der Waals surface area contributed by atoms with Gasteiger partial charge in [-0.3, -0.25) is 0 Å².